The lowest BCUT2D eigenvalue weighted by Gasteiger charge is -2.43. The summed E-state index contributed by atoms with van der Waals surface area (Å²) >= 11 is 6.40. The van der Waals surface area contributed by atoms with Gasteiger partial charge in [-0.2, -0.15) is 0 Å². The van der Waals surface area contributed by atoms with Crippen molar-refractivity contribution in [2.45, 2.75) is 56.8 Å². The van der Waals surface area contributed by atoms with E-state index < -0.39 is 6.04 Å². The minimum Gasteiger partial charge on any atom is -0.397 e. The lowest BCUT2D eigenvalue weighted by molar-refractivity contribution is -0.135. The van der Waals surface area contributed by atoms with Crippen molar-refractivity contribution in [2.75, 3.05) is 70.5 Å². The van der Waals surface area contributed by atoms with E-state index in [1.54, 1.807) is 17.0 Å². The van der Waals surface area contributed by atoms with Gasteiger partial charge in [-0.1, -0.05) is 35.7 Å². The fourth-order valence-corrected chi connectivity index (χ4v) is 7.59. The molecule has 6 rings (SSSR count). The number of piperidine rings is 2. The highest BCUT2D eigenvalue weighted by Gasteiger charge is 2.36. The molecule has 3 fully saturated rings. The molecule has 0 spiro atoms. The number of carbonyl (C=O) groups is 3. The number of nitrogens with two attached hydrogens (primary N) is 1. The van der Waals surface area contributed by atoms with Crippen molar-refractivity contribution >= 4 is 40.9 Å². The van der Waals surface area contributed by atoms with E-state index in [2.05, 4.69) is 33.4 Å². The maximum absolute atomic E-state index is 14.1. The number of halogens is 1. The highest BCUT2D eigenvalue weighted by Crippen LogP contribution is 2.29. The van der Waals surface area contributed by atoms with Gasteiger partial charge in [0, 0.05) is 88.7 Å². The van der Waals surface area contributed by atoms with E-state index in [1.165, 1.54) is 0 Å². The Morgan fingerprint density at radius 1 is 1.00 bits per heavy atom. The molecule has 2 aromatic rings. The van der Waals surface area contributed by atoms with E-state index in [0.717, 1.165) is 55.8 Å². The smallest absolute Gasteiger partial charge is 0.322 e. The van der Waals surface area contributed by atoms with Gasteiger partial charge in [0.25, 0.3) is 0 Å². The van der Waals surface area contributed by atoms with Crippen molar-refractivity contribution in [3.63, 3.8) is 0 Å². The number of nitrogen functional groups attached to an aromatic ring is 1. The fourth-order valence-electron chi connectivity index (χ4n) is 7.34. The number of anilines is 2. The number of nitrogens with one attached hydrogen (secondary N) is 2. The molecule has 47 heavy (non-hydrogen) atoms. The van der Waals surface area contributed by atoms with Crippen molar-refractivity contribution in [3.05, 3.63) is 58.1 Å². The summed E-state index contributed by atoms with van der Waals surface area (Å²) in [4.78, 5) is 51.0. The number of likely N-dealkylation sites (N-methyl/N-ethyl adjacent to an activating group) is 1. The van der Waals surface area contributed by atoms with Gasteiger partial charge in [-0.05, 0) is 62.1 Å². The third-order valence-corrected chi connectivity index (χ3v) is 10.6. The van der Waals surface area contributed by atoms with Gasteiger partial charge in [-0.3, -0.25) is 9.69 Å². The van der Waals surface area contributed by atoms with Crippen molar-refractivity contribution in [1.82, 2.24) is 29.8 Å². The second-order valence-corrected chi connectivity index (χ2v) is 13.6. The molecule has 0 aromatic heterocycles. The Labute approximate surface area is 282 Å². The number of benzene rings is 2. The first-order valence-corrected chi connectivity index (χ1v) is 17.0. The largest absolute Gasteiger partial charge is 0.397 e. The highest BCUT2D eigenvalue weighted by atomic mass is 35.5. The molecule has 0 bridgehead atoms. The lowest BCUT2D eigenvalue weighted by Crippen LogP contribution is -2.58. The van der Waals surface area contributed by atoms with Crippen LogP contribution in [0.5, 0.6) is 0 Å². The molecule has 0 radical (unpaired) electrons. The number of para-hydroxylation sites is 1. The van der Waals surface area contributed by atoms with E-state index in [-0.39, 0.29) is 30.4 Å². The van der Waals surface area contributed by atoms with Crippen molar-refractivity contribution < 1.29 is 14.4 Å². The number of nitrogens with zero attached hydrogens (tertiary/aromatic N) is 5. The Morgan fingerprint density at radius 3 is 2.36 bits per heavy atom. The first-order chi connectivity index (χ1) is 22.7. The van der Waals surface area contributed by atoms with Crippen LogP contribution in [0.4, 0.5) is 21.0 Å². The Balaban J connectivity index is 1.10. The fraction of sp³-hybridized carbons (Fsp3) is 0.514. The number of urea groups is 2. The van der Waals surface area contributed by atoms with Crippen LogP contribution in [0.25, 0.3) is 0 Å². The second kappa shape index (κ2) is 14.4. The van der Waals surface area contributed by atoms with Crippen molar-refractivity contribution in [2.24, 2.45) is 0 Å². The molecule has 5 amide bonds. The first kappa shape index (κ1) is 32.9. The number of piperazine rings is 1. The summed E-state index contributed by atoms with van der Waals surface area (Å²) in [5.41, 5.74) is 9.52. The summed E-state index contributed by atoms with van der Waals surface area (Å²) < 4.78 is 0. The molecule has 250 valence electrons. The molecule has 4 aliphatic rings. The van der Waals surface area contributed by atoms with Gasteiger partial charge >= 0.3 is 12.1 Å². The Bertz CT molecular complexity index is 1520. The van der Waals surface area contributed by atoms with Crippen LogP contribution >= 0.6 is 11.6 Å². The Hall–Kier alpha value is -3.98. The minimum absolute atomic E-state index is 0.0190. The Kier molecular flexibility index (Phi) is 10.1. The number of likely N-dealkylation sites (tertiary alicyclic amines) is 2. The zero-order valence-electron chi connectivity index (χ0n) is 27.1. The van der Waals surface area contributed by atoms with Crippen molar-refractivity contribution in [3.8, 4) is 12.3 Å². The molecule has 1 atom stereocenters. The monoisotopic (exact) mass is 660 g/mol. The summed E-state index contributed by atoms with van der Waals surface area (Å²) in [6.07, 6.45) is 9.04. The topological polar surface area (TPSA) is 117 Å². The molecule has 4 N–H and O–H groups in total. The highest BCUT2D eigenvalue weighted by molar-refractivity contribution is 6.33. The SMILES string of the molecule is C#Cc1cc(C[C@@H](NC(=O)N2CCC(N3Cc4ccccc4NC3=O)CC2)C(=O)N2CCC(N3CCN(C)CC3)CC2)cc(Cl)c1N. The maximum Gasteiger partial charge on any atom is 0.322 e. The number of hydrogen-bond acceptors (Lipinski definition) is 6. The zero-order chi connectivity index (χ0) is 33.1. The van der Waals surface area contributed by atoms with E-state index >= 15 is 0 Å². The number of terminal acetylenes is 1. The molecule has 11 nitrogen and oxygen atoms in total. The molecule has 4 heterocycles. The van der Waals surface area contributed by atoms with Gasteiger partial charge in [-0.15, -0.1) is 6.42 Å². The molecule has 0 aliphatic carbocycles. The van der Waals surface area contributed by atoms with Crippen LogP contribution in [-0.4, -0.2) is 120 Å². The van der Waals surface area contributed by atoms with Crippen LogP contribution in [0.1, 0.15) is 42.4 Å². The van der Waals surface area contributed by atoms with Crippen LogP contribution in [0.15, 0.2) is 36.4 Å². The quantitative estimate of drug-likeness (QED) is 0.324. The van der Waals surface area contributed by atoms with E-state index in [4.69, 9.17) is 23.8 Å². The number of hydrogen-bond donors (Lipinski definition) is 3. The van der Waals surface area contributed by atoms with E-state index in [0.29, 0.717) is 67.9 Å². The van der Waals surface area contributed by atoms with Crippen LogP contribution in [-0.2, 0) is 17.8 Å². The molecule has 2 aromatic carbocycles. The van der Waals surface area contributed by atoms with Gasteiger partial charge in [-0.25, -0.2) is 9.59 Å². The van der Waals surface area contributed by atoms with Crippen LogP contribution in [0, 0.1) is 12.3 Å². The van der Waals surface area contributed by atoms with Gasteiger partial charge in [0.15, 0.2) is 0 Å². The summed E-state index contributed by atoms with van der Waals surface area (Å²) in [5, 5.41) is 6.38. The summed E-state index contributed by atoms with van der Waals surface area (Å²) in [7, 11) is 2.16. The molecular formula is C35H45ClN8O3. The number of fused-ring (bicyclic) bond motifs is 1. The summed E-state index contributed by atoms with van der Waals surface area (Å²) in [6, 6.07) is 10.6. The van der Waals surface area contributed by atoms with E-state index in [9.17, 15) is 14.4 Å². The second-order valence-electron chi connectivity index (χ2n) is 13.2. The third kappa shape index (κ3) is 7.45. The molecule has 4 aliphatic heterocycles. The van der Waals surface area contributed by atoms with Gasteiger partial charge < -0.3 is 36.0 Å². The van der Waals surface area contributed by atoms with Gasteiger partial charge in [0.1, 0.15) is 6.04 Å². The number of rotatable bonds is 6. The van der Waals surface area contributed by atoms with Crippen LogP contribution in [0.2, 0.25) is 5.02 Å². The summed E-state index contributed by atoms with van der Waals surface area (Å²) in [5.74, 6) is 2.47. The first-order valence-electron chi connectivity index (χ1n) is 16.7. The molecular weight excluding hydrogens is 616 g/mol. The minimum atomic E-state index is -0.796. The van der Waals surface area contributed by atoms with Gasteiger partial charge in [0.2, 0.25) is 5.91 Å². The average Bonchev–Trinajstić information content (AvgIpc) is 3.09. The predicted molar refractivity (Wildman–Crippen MR) is 184 cm³/mol. The number of carbonyl (C=O) groups excluding carboxylic acids is 3. The summed E-state index contributed by atoms with van der Waals surface area (Å²) in [6.45, 7) is 7.03. The molecule has 0 unspecified atom stereocenters. The maximum atomic E-state index is 14.1. The zero-order valence-corrected chi connectivity index (χ0v) is 27.8. The van der Waals surface area contributed by atoms with Crippen molar-refractivity contribution in [1.29, 1.82) is 0 Å². The van der Waals surface area contributed by atoms with Gasteiger partial charge in [0.05, 0.1) is 10.7 Å². The normalized spacial score (nSPS) is 20.7. The third-order valence-electron chi connectivity index (χ3n) is 10.3. The number of amides is 5. The van der Waals surface area contributed by atoms with Crippen LogP contribution in [0.3, 0.4) is 0 Å². The molecule has 3 saturated heterocycles. The van der Waals surface area contributed by atoms with E-state index in [1.807, 2.05) is 34.1 Å². The molecule has 12 heteroatoms. The lowest BCUT2D eigenvalue weighted by atomic mass is 9.98. The van der Waals surface area contributed by atoms with Crippen LogP contribution < -0.4 is 16.4 Å². The molecule has 0 saturated carbocycles. The Morgan fingerprint density at radius 2 is 1.66 bits per heavy atom. The standard InChI is InChI=1S/C35H45ClN8O3/c1-3-25-20-24(21-29(36)32(25)37)22-31(33(45)42-12-8-27(9-13-42)41-18-16-40(2)17-19-41)39-34(46)43-14-10-28(11-15-43)44-23-26-6-4-5-7-30(26)38-35(44)47/h1,4-7,20-21,27-28,31H,8-19,22-23,37H2,2H3,(H,38,47)(H,39,46)/t31-/m1/s1. The average molecular weight is 661 g/mol. The predicted octanol–water partition coefficient (Wildman–Crippen LogP) is 3.27.